The molecule has 122 valence electrons. The highest BCUT2D eigenvalue weighted by molar-refractivity contribution is 4.87. The maximum Gasteiger partial charge on any atom is 0.131 e. The van der Waals surface area contributed by atoms with E-state index < -0.39 is 12.3 Å². The van der Waals surface area contributed by atoms with Crippen molar-refractivity contribution in [1.29, 1.82) is 0 Å². The van der Waals surface area contributed by atoms with Gasteiger partial charge < -0.3 is 0 Å². The predicted molar refractivity (Wildman–Crippen MR) is 83.7 cm³/mol. The number of hydrogen-bond donors (Lipinski definition) is 0. The van der Waals surface area contributed by atoms with Gasteiger partial charge in [-0.15, -0.1) is 0 Å². The van der Waals surface area contributed by atoms with Gasteiger partial charge in [0, 0.05) is 0 Å². The highest BCUT2D eigenvalue weighted by Gasteiger charge is 2.37. The fraction of sp³-hybridized carbons (Fsp3) is 1.00. The van der Waals surface area contributed by atoms with Crippen LogP contribution in [0.5, 0.6) is 0 Å². The summed E-state index contributed by atoms with van der Waals surface area (Å²) in [6.45, 7) is 2.39. The lowest BCUT2D eigenvalue weighted by Crippen LogP contribution is -2.34. The lowest BCUT2D eigenvalue weighted by atomic mass is 9.65. The summed E-state index contributed by atoms with van der Waals surface area (Å²) in [4.78, 5) is 0. The minimum atomic E-state index is -1.18. The molecule has 3 unspecified atom stereocenters. The van der Waals surface area contributed by atoms with Gasteiger partial charge >= 0.3 is 0 Å². The van der Waals surface area contributed by atoms with E-state index in [0.717, 1.165) is 24.2 Å². The fourth-order valence-electron chi connectivity index (χ4n) is 5.38. The Labute approximate surface area is 129 Å². The average Bonchev–Trinajstić information content (AvgIpc) is 2.51. The van der Waals surface area contributed by atoms with Crippen molar-refractivity contribution in [3.63, 3.8) is 0 Å². The van der Waals surface area contributed by atoms with E-state index in [9.17, 15) is 8.78 Å². The number of rotatable bonds is 2. The third kappa shape index (κ3) is 3.79. The lowest BCUT2D eigenvalue weighted by Gasteiger charge is -2.41. The first-order valence-electron chi connectivity index (χ1n) is 9.41. The number of hydrogen-bond acceptors (Lipinski definition) is 0. The van der Waals surface area contributed by atoms with Crippen LogP contribution >= 0.6 is 0 Å². The Morgan fingerprint density at radius 2 is 0.952 bits per heavy atom. The molecule has 3 rings (SSSR count). The quantitative estimate of drug-likeness (QED) is 0.578. The van der Waals surface area contributed by atoms with Crippen molar-refractivity contribution >= 4 is 0 Å². The Morgan fingerprint density at radius 3 is 1.48 bits per heavy atom. The van der Waals surface area contributed by atoms with Gasteiger partial charge in [-0.2, -0.15) is 0 Å². The van der Waals surface area contributed by atoms with E-state index in [4.69, 9.17) is 0 Å². The van der Waals surface area contributed by atoms with Gasteiger partial charge in [-0.25, -0.2) is 8.78 Å². The van der Waals surface area contributed by atoms with Gasteiger partial charge in [0.05, 0.1) is 0 Å². The summed E-state index contributed by atoms with van der Waals surface area (Å²) < 4.78 is 26.9. The predicted octanol–water partition coefficient (Wildman–Crippen LogP) is 6.10. The Morgan fingerprint density at radius 1 is 0.524 bits per heavy atom. The first-order valence-corrected chi connectivity index (χ1v) is 9.41. The zero-order chi connectivity index (χ0) is 14.8. The van der Waals surface area contributed by atoms with Gasteiger partial charge in [0.25, 0.3) is 0 Å². The highest BCUT2D eigenvalue weighted by atomic mass is 19.2. The van der Waals surface area contributed by atoms with Crippen LogP contribution in [-0.2, 0) is 0 Å². The summed E-state index contributed by atoms with van der Waals surface area (Å²) >= 11 is 0. The lowest BCUT2D eigenvalue weighted by molar-refractivity contribution is 0.0476. The van der Waals surface area contributed by atoms with E-state index >= 15 is 0 Å². The molecule has 0 aromatic heterocycles. The van der Waals surface area contributed by atoms with Gasteiger partial charge in [0.2, 0.25) is 0 Å². The summed E-state index contributed by atoms with van der Waals surface area (Å²) in [7, 11) is 0. The molecule has 3 aliphatic carbocycles. The first kappa shape index (κ1) is 15.7. The summed E-state index contributed by atoms with van der Waals surface area (Å²) in [6, 6.07) is 0. The molecule has 0 nitrogen and oxygen atoms in total. The molecule has 3 atom stereocenters. The number of halogens is 2. The van der Waals surface area contributed by atoms with Crippen molar-refractivity contribution in [2.75, 3.05) is 0 Å². The Balaban J connectivity index is 1.45. The van der Waals surface area contributed by atoms with Gasteiger partial charge in [-0.1, -0.05) is 19.8 Å². The molecule has 0 heterocycles. The molecule has 0 amide bonds. The molecule has 0 bridgehead atoms. The summed E-state index contributed by atoms with van der Waals surface area (Å²) in [5.41, 5.74) is 0. The van der Waals surface area contributed by atoms with Crippen molar-refractivity contribution in [1.82, 2.24) is 0 Å². The van der Waals surface area contributed by atoms with Gasteiger partial charge in [-0.3, -0.25) is 0 Å². The molecule has 0 radical (unpaired) electrons. The summed E-state index contributed by atoms with van der Waals surface area (Å²) in [5.74, 6) is 4.01. The van der Waals surface area contributed by atoms with Crippen LogP contribution in [0.25, 0.3) is 0 Å². The minimum Gasteiger partial charge on any atom is -0.244 e. The second kappa shape index (κ2) is 6.96. The summed E-state index contributed by atoms with van der Waals surface area (Å²) in [5, 5.41) is 0. The van der Waals surface area contributed by atoms with E-state index in [1.54, 1.807) is 0 Å². The van der Waals surface area contributed by atoms with E-state index in [0.29, 0.717) is 24.7 Å². The molecule has 2 heteroatoms. The molecule has 21 heavy (non-hydrogen) atoms. The van der Waals surface area contributed by atoms with Crippen LogP contribution < -0.4 is 0 Å². The maximum atomic E-state index is 13.6. The van der Waals surface area contributed by atoms with Gasteiger partial charge in [-0.05, 0) is 87.4 Å². The molecular weight excluding hydrogens is 266 g/mol. The molecule has 0 aromatic rings. The molecule has 3 aliphatic rings. The van der Waals surface area contributed by atoms with Crippen LogP contribution in [0.1, 0.15) is 77.6 Å². The number of alkyl halides is 2. The van der Waals surface area contributed by atoms with Gasteiger partial charge in [0.1, 0.15) is 12.3 Å². The van der Waals surface area contributed by atoms with Crippen LogP contribution in [0.2, 0.25) is 0 Å². The van der Waals surface area contributed by atoms with Crippen LogP contribution in [0.4, 0.5) is 8.78 Å². The molecule has 0 saturated heterocycles. The van der Waals surface area contributed by atoms with Crippen molar-refractivity contribution in [3.05, 3.63) is 0 Å². The standard InChI is InChI=1S/C19H32F2/c1-13-2-4-14(5-3-13)15-6-8-16(9-7-15)17-10-11-18(20)19(21)12-17/h13-19H,2-12H2,1H3/t13?,14?,15-,16+,17?,18?,19?. The van der Waals surface area contributed by atoms with Crippen LogP contribution in [0.3, 0.4) is 0 Å². The SMILES string of the molecule is CC1CCC([C@H]2CC[C@@H](C3CCC(F)C(F)C3)CC2)CC1. The van der Waals surface area contributed by atoms with Crippen molar-refractivity contribution in [2.45, 2.75) is 89.9 Å². The molecule has 3 saturated carbocycles. The normalized spacial score (nSPS) is 49.0. The van der Waals surface area contributed by atoms with Crippen LogP contribution in [0, 0.1) is 29.6 Å². The highest BCUT2D eigenvalue weighted by Crippen LogP contribution is 2.45. The van der Waals surface area contributed by atoms with Gasteiger partial charge in [0.15, 0.2) is 0 Å². The third-order valence-corrected chi connectivity index (χ3v) is 6.94. The Kier molecular flexibility index (Phi) is 5.22. The largest absolute Gasteiger partial charge is 0.244 e. The van der Waals surface area contributed by atoms with Crippen molar-refractivity contribution < 1.29 is 8.78 Å². The Bertz CT molecular complexity index is 314. The molecule has 0 aliphatic heterocycles. The monoisotopic (exact) mass is 298 g/mol. The smallest absolute Gasteiger partial charge is 0.131 e. The van der Waals surface area contributed by atoms with E-state index in [1.165, 1.54) is 51.4 Å². The van der Waals surface area contributed by atoms with E-state index in [2.05, 4.69) is 6.92 Å². The third-order valence-electron chi connectivity index (χ3n) is 6.94. The van der Waals surface area contributed by atoms with Crippen molar-refractivity contribution in [2.24, 2.45) is 29.6 Å². The molecule has 3 fully saturated rings. The summed E-state index contributed by atoms with van der Waals surface area (Å²) in [6.07, 6.45) is 10.5. The topological polar surface area (TPSA) is 0 Å². The van der Waals surface area contributed by atoms with E-state index in [-0.39, 0.29) is 0 Å². The zero-order valence-corrected chi connectivity index (χ0v) is 13.6. The molecular formula is C19H32F2. The van der Waals surface area contributed by atoms with Crippen LogP contribution in [0.15, 0.2) is 0 Å². The molecule has 0 spiro atoms. The van der Waals surface area contributed by atoms with Crippen molar-refractivity contribution in [3.8, 4) is 0 Å². The Hall–Kier alpha value is -0.140. The zero-order valence-electron chi connectivity index (χ0n) is 13.6. The first-order chi connectivity index (χ1) is 10.1. The van der Waals surface area contributed by atoms with E-state index in [1.807, 2.05) is 0 Å². The maximum absolute atomic E-state index is 13.6. The molecule has 0 aromatic carbocycles. The fourth-order valence-corrected chi connectivity index (χ4v) is 5.38. The second-order valence-electron chi connectivity index (χ2n) is 8.30. The second-order valence-corrected chi connectivity index (χ2v) is 8.30. The van der Waals surface area contributed by atoms with Crippen LogP contribution in [-0.4, -0.2) is 12.3 Å². The average molecular weight is 298 g/mol. The molecule has 0 N–H and O–H groups in total. The minimum absolute atomic E-state index is 0.465.